The fraction of sp³-hybridized carbons (Fsp3) is 0.300. The summed E-state index contributed by atoms with van der Waals surface area (Å²) in [6.07, 6.45) is 2.73. The van der Waals surface area contributed by atoms with Crippen molar-refractivity contribution < 1.29 is 0 Å². The van der Waals surface area contributed by atoms with E-state index in [1.807, 2.05) is 36.4 Å². The number of hydrogen-bond acceptors (Lipinski definition) is 0. The van der Waals surface area contributed by atoms with Gasteiger partial charge >= 0.3 is 0 Å². The fourth-order valence-corrected chi connectivity index (χ4v) is 5.39. The lowest BCUT2D eigenvalue weighted by molar-refractivity contribution is 0.353. The summed E-state index contributed by atoms with van der Waals surface area (Å²) < 4.78 is 0. The minimum atomic E-state index is 0.205. The smallest absolute Gasteiger partial charge is 0.190 e. The Kier molecular flexibility index (Phi) is 6.31. The van der Waals surface area contributed by atoms with E-state index in [1.165, 1.54) is 0 Å². The Balaban J connectivity index is 1.85. The van der Waals surface area contributed by atoms with Crippen molar-refractivity contribution in [2.75, 3.05) is 0 Å². The first-order valence-electron chi connectivity index (χ1n) is 11.4. The van der Waals surface area contributed by atoms with Crippen molar-refractivity contribution in [1.29, 1.82) is 0 Å². The molecule has 1 aliphatic carbocycles. The van der Waals surface area contributed by atoms with Crippen LogP contribution in [0.15, 0.2) is 54.6 Å². The third-order valence-corrected chi connectivity index (χ3v) is 6.94. The summed E-state index contributed by atoms with van der Waals surface area (Å²) in [6.45, 7) is 29.4. The summed E-state index contributed by atoms with van der Waals surface area (Å²) in [4.78, 5) is 11.5. The Morgan fingerprint density at radius 2 is 0.788 bits per heavy atom. The molecular weight excluding hydrogens is 402 g/mol. The molecule has 0 spiro atoms. The van der Waals surface area contributed by atoms with Crippen LogP contribution in [-0.4, -0.2) is 0 Å². The highest BCUT2D eigenvalue weighted by Crippen LogP contribution is 2.52. The van der Waals surface area contributed by atoms with Crippen LogP contribution in [0.1, 0.15) is 70.4 Å². The van der Waals surface area contributed by atoms with E-state index in [0.29, 0.717) is 17.1 Å². The molecule has 33 heavy (non-hydrogen) atoms. The molecular formula is C30H27N3. The van der Waals surface area contributed by atoms with E-state index in [4.69, 9.17) is 19.7 Å². The highest BCUT2D eigenvalue weighted by atomic mass is 14.7. The van der Waals surface area contributed by atoms with Gasteiger partial charge in [-0.3, -0.25) is 0 Å². The molecule has 0 atom stereocenters. The molecule has 1 saturated carbocycles. The molecule has 0 bridgehead atoms. The van der Waals surface area contributed by atoms with Gasteiger partial charge in [-0.2, -0.15) is 0 Å². The van der Waals surface area contributed by atoms with Crippen molar-refractivity contribution in [3.8, 4) is 0 Å². The molecule has 0 amide bonds. The molecule has 0 aromatic heterocycles. The van der Waals surface area contributed by atoms with Gasteiger partial charge in [0.1, 0.15) is 0 Å². The van der Waals surface area contributed by atoms with Gasteiger partial charge in [-0.05, 0) is 74.5 Å². The van der Waals surface area contributed by atoms with Crippen molar-refractivity contribution in [3.05, 3.63) is 122 Å². The second kappa shape index (κ2) is 9.32. The second-order valence-electron chi connectivity index (χ2n) is 9.32. The summed E-state index contributed by atoms with van der Waals surface area (Å²) in [5.41, 5.74) is 8.94. The fourth-order valence-electron chi connectivity index (χ4n) is 5.39. The van der Waals surface area contributed by atoms with Crippen molar-refractivity contribution in [3.63, 3.8) is 0 Å². The molecule has 162 valence electrons. The lowest BCUT2D eigenvalue weighted by atomic mass is 9.67. The SMILES string of the molecule is [C-]#[N+]c1ccc(C)cc1C1CC(c2cc(C)ccc2[N+]#[C-])CC(c2cc(C)ccc2[N+]#[C-])C1. The first kappa shape index (κ1) is 22.3. The number of nitrogens with zero attached hydrogens (tertiary/aromatic N) is 3. The second-order valence-corrected chi connectivity index (χ2v) is 9.32. The van der Waals surface area contributed by atoms with Gasteiger partial charge in [0.2, 0.25) is 0 Å². The quantitative estimate of drug-likeness (QED) is 0.368. The van der Waals surface area contributed by atoms with Gasteiger partial charge < -0.3 is 0 Å². The van der Waals surface area contributed by atoms with E-state index in [1.54, 1.807) is 0 Å². The van der Waals surface area contributed by atoms with Crippen LogP contribution in [0.3, 0.4) is 0 Å². The van der Waals surface area contributed by atoms with Crippen molar-refractivity contribution >= 4 is 17.1 Å². The minimum Gasteiger partial charge on any atom is -0.238 e. The van der Waals surface area contributed by atoms with Crippen LogP contribution in [0.25, 0.3) is 14.5 Å². The molecule has 3 aromatic rings. The van der Waals surface area contributed by atoms with Crippen LogP contribution in [0.5, 0.6) is 0 Å². The monoisotopic (exact) mass is 429 g/mol. The number of rotatable bonds is 3. The lowest BCUT2D eigenvalue weighted by Gasteiger charge is -2.37. The largest absolute Gasteiger partial charge is 0.238 e. The van der Waals surface area contributed by atoms with Crippen molar-refractivity contribution in [2.45, 2.75) is 57.8 Å². The molecule has 0 radical (unpaired) electrons. The van der Waals surface area contributed by atoms with E-state index in [2.05, 4.69) is 53.5 Å². The predicted molar refractivity (Wildman–Crippen MR) is 134 cm³/mol. The maximum Gasteiger partial charge on any atom is 0.190 e. The zero-order chi connectivity index (χ0) is 23.5. The maximum atomic E-state index is 7.73. The summed E-state index contributed by atoms with van der Waals surface area (Å²) in [7, 11) is 0. The Morgan fingerprint density at radius 1 is 0.515 bits per heavy atom. The minimum absolute atomic E-state index is 0.205. The van der Waals surface area contributed by atoms with Gasteiger partial charge in [0.15, 0.2) is 17.1 Å². The topological polar surface area (TPSA) is 13.1 Å². The lowest BCUT2D eigenvalue weighted by Crippen LogP contribution is -2.20. The Bertz CT molecular complexity index is 1160. The molecule has 3 nitrogen and oxygen atoms in total. The highest BCUT2D eigenvalue weighted by Gasteiger charge is 2.34. The maximum absolute atomic E-state index is 7.73. The van der Waals surface area contributed by atoms with E-state index in [0.717, 1.165) is 52.6 Å². The summed E-state index contributed by atoms with van der Waals surface area (Å²) in [5, 5.41) is 0. The average Bonchev–Trinajstić information content (AvgIpc) is 2.83. The van der Waals surface area contributed by atoms with Gasteiger partial charge in [-0.1, -0.05) is 71.3 Å². The average molecular weight is 430 g/mol. The first-order valence-corrected chi connectivity index (χ1v) is 11.4. The third kappa shape index (κ3) is 4.53. The molecule has 4 rings (SSSR count). The molecule has 1 fully saturated rings. The molecule has 0 saturated heterocycles. The zero-order valence-corrected chi connectivity index (χ0v) is 19.4. The van der Waals surface area contributed by atoms with Gasteiger partial charge in [0.25, 0.3) is 0 Å². The van der Waals surface area contributed by atoms with Gasteiger partial charge in [-0.15, -0.1) is 0 Å². The molecule has 3 heteroatoms. The zero-order valence-electron chi connectivity index (χ0n) is 19.4. The number of hydrogen-bond donors (Lipinski definition) is 0. The summed E-state index contributed by atoms with van der Waals surface area (Å²) in [5.74, 6) is 0.614. The molecule has 3 aromatic carbocycles. The van der Waals surface area contributed by atoms with E-state index in [-0.39, 0.29) is 17.8 Å². The Morgan fingerprint density at radius 3 is 1.03 bits per heavy atom. The number of benzene rings is 3. The molecule has 0 N–H and O–H groups in total. The van der Waals surface area contributed by atoms with E-state index in [9.17, 15) is 0 Å². The van der Waals surface area contributed by atoms with Crippen molar-refractivity contribution in [1.82, 2.24) is 0 Å². The van der Waals surface area contributed by atoms with Crippen molar-refractivity contribution in [2.24, 2.45) is 0 Å². The van der Waals surface area contributed by atoms with Crippen LogP contribution in [0.2, 0.25) is 0 Å². The summed E-state index contributed by atoms with van der Waals surface area (Å²) >= 11 is 0. The summed E-state index contributed by atoms with van der Waals surface area (Å²) in [6, 6.07) is 18.3. The highest BCUT2D eigenvalue weighted by molar-refractivity contribution is 5.60. The Hall–Kier alpha value is -3.87. The first-order chi connectivity index (χ1) is 15.9. The van der Waals surface area contributed by atoms with Crippen LogP contribution in [0.4, 0.5) is 17.1 Å². The normalized spacial score (nSPS) is 19.8. The van der Waals surface area contributed by atoms with Gasteiger partial charge in [0, 0.05) is 0 Å². The molecule has 1 aliphatic rings. The van der Waals surface area contributed by atoms with Gasteiger partial charge in [0.05, 0.1) is 19.7 Å². The van der Waals surface area contributed by atoms with Crippen LogP contribution in [-0.2, 0) is 0 Å². The molecule has 0 aliphatic heterocycles. The molecule has 0 heterocycles. The third-order valence-electron chi connectivity index (χ3n) is 6.94. The van der Waals surface area contributed by atoms with Crippen LogP contribution < -0.4 is 0 Å². The standard InChI is InChI=1S/C30H27N3/c1-19-7-10-28(31-4)25(13-19)22-16-23(26-14-20(2)8-11-29(26)32-5)18-24(17-22)27-15-21(3)9-12-30(27)33-6/h7-15,22-24H,16-18H2,1-3H3. The Labute approximate surface area is 197 Å². The predicted octanol–water partition coefficient (Wildman–Crippen LogP) is 9.10. The molecule has 0 unspecified atom stereocenters. The number of aryl methyl sites for hydroxylation is 3. The van der Waals surface area contributed by atoms with E-state index < -0.39 is 0 Å². The van der Waals surface area contributed by atoms with Gasteiger partial charge in [-0.25, -0.2) is 14.5 Å². The van der Waals surface area contributed by atoms with Crippen LogP contribution >= 0.6 is 0 Å². The van der Waals surface area contributed by atoms with E-state index >= 15 is 0 Å². The van der Waals surface area contributed by atoms with Crippen LogP contribution in [0, 0.1) is 40.5 Å².